The molecule has 61 heavy (non-hydrogen) atoms. The fourth-order valence-electron chi connectivity index (χ4n) is 9.87. The number of fused-ring (bicyclic) bond motifs is 7. The van der Waals surface area contributed by atoms with Gasteiger partial charge in [-0.2, -0.15) is 0 Å². The van der Waals surface area contributed by atoms with Crippen LogP contribution in [0.2, 0.25) is 0 Å². The van der Waals surface area contributed by atoms with E-state index < -0.39 is 0 Å². The zero-order chi connectivity index (χ0) is 40.5. The summed E-state index contributed by atoms with van der Waals surface area (Å²) in [5, 5.41) is 5.01. The van der Waals surface area contributed by atoms with E-state index in [1.807, 2.05) is 17.4 Å². The zero-order valence-corrected chi connectivity index (χ0v) is 34.3. The Kier molecular flexibility index (Phi) is 8.19. The highest BCUT2D eigenvalue weighted by Gasteiger charge is 2.41. The third-order valence-electron chi connectivity index (χ3n) is 12.8. The van der Waals surface area contributed by atoms with Crippen LogP contribution in [0.4, 0.5) is 0 Å². The van der Waals surface area contributed by atoms with Gasteiger partial charge in [0, 0.05) is 42.3 Å². The van der Waals surface area contributed by atoms with Crippen LogP contribution in [-0.4, -0.2) is 9.97 Å². The van der Waals surface area contributed by atoms with Gasteiger partial charge in [-0.3, -0.25) is 0 Å². The van der Waals surface area contributed by atoms with E-state index in [-0.39, 0.29) is 5.41 Å². The summed E-state index contributed by atoms with van der Waals surface area (Å²) in [5.74, 6) is 0.700. The Balaban J connectivity index is 1.13. The molecule has 0 saturated heterocycles. The van der Waals surface area contributed by atoms with Gasteiger partial charge in [0.15, 0.2) is 5.82 Å². The molecule has 0 bridgehead atoms. The number of nitrogens with zero attached hydrogens (tertiary/aromatic N) is 2. The van der Waals surface area contributed by atoms with Crippen LogP contribution in [0.15, 0.2) is 212 Å². The second-order valence-corrected chi connectivity index (χ2v) is 17.3. The van der Waals surface area contributed by atoms with Crippen LogP contribution in [0.3, 0.4) is 0 Å². The fraction of sp³-hybridized carbons (Fsp3) is 0.0345. The highest BCUT2D eigenvalue weighted by atomic mass is 32.1. The molecule has 2 nitrogen and oxygen atoms in total. The van der Waals surface area contributed by atoms with Gasteiger partial charge in [-0.25, -0.2) is 9.97 Å². The molecule has 0 fully saturated rings. The molecule has 1 aliphatic carbocycles. The predicted octanol–water partition coefficient (Wildman–Crippen LogP) is 15.7. The Morgan fingerprint density at radius 3 is 1.84 bits per heavy atom. The molecule has 12 rings (SSSR count). The third kappa shape index (κ3) is 5.69. The summed E-state index contributed by atoms with van der Waals surface area (Å²) in [4.78, 5) is 10.9. The second-order valence-electron chi connectivity index (χ2n) is 16.2. The van der Waals surface area contributed by atoms with Crippen molar-refractivity contribution in [3.05, 3.63) is 229 Å². The summed E-state index contributed by atoms with van der Waals surface area (Å²) in [5.41, 5.74) is 15.6. The average Bonchev–Trinajstić information content (AvgIpc) is 3.85. The molecule has 1 atom stereocenters. The topological polar surface area (TPSA) is 25.8 Å². The summed E-state index contributed by atoms with van der Waals surface area (Å²) < 4.78 is 2.58. The predicted molar refractivity (Wildman–Crippen MR) is 257 cm³/mol. The van der Waals surface area contributed by atoms with E-state index in [1.165, 1.54) is 69.9 Å². The normalized spacial score (nSPS) is 14.4. The lowest BCUT2D eigenvalue weighted by Gasteiger charge is -2.28. The number of rotatable bonds is 6. The summed E-state index contributed by atoms with van der Waals surface area (Å²) in [6, 6.07) is 77.1. The summed E-state index contributed by atoms with van der Waals surface area (Å²) in [6.45, 7) is 2.37. The minimum Gasteiger partial charge on any atom is -0.228 e. The van der Waals surface area contributed by atoms with E-state index in [0.717, 1.165) is 39.2 Å². The molecule has 0 aliphatic heterocycles. The van der Waals surface area contributed by atoms with Gasteiger partial charge in [0.2, 0.25) is 0 Å². The van der Waals surface area contributed by atoms with Gasteiger partial charge in [0.05, 0.1) is 11.4 Å². The van der Waals surface area contributed by atoms with E-state index in [4.69, 9.17) is 9.97 Å². The summed E-state index contributed by atoms with van der Waals surface area (Å²) >= 11 is 1.86. The maximum Gasteiger partial charge on any atom is 0.160 e. The van der Waals surface area contributed by atoms with Gasteiger partial charge in [0.1, 0.15) is 0 Å². The molecule has 9 aromatic carbocycles. The van der Waals surface area contributed by atoms with Crippen molar-refractivity contribution >= 4 is 42.3 Å². The molecule has 3 heteroatoms. The highest BCUT2D eigenvalue weighted by molar-refractivity contribution is 7.25. The maximum atomic E-state index is 5.44. The van der Waals surface area contributed by atoms with Crippen LogP contribution < -0.4 is 0 Å². The van der Waals surface area contributed by atoms with Crippen molar-refractivity contribution in [3.63, 3.8) is 0 Å². The number of aromatic nitrogens is 2. The number of hydrogen-bond acceptors (Lipinski definition) is 3. The molecule has 1 unspecified atom stereocenters. The van der Waals surface area contributed by atoms with Gasteiger partial charge >= 0.3 is 0 Å². The molecule has 2 heterocycles. The molecule has 11 aromatic rings. The van der Waals surface area contributed by atoms with Crippen LogP contribution in [0.25, 0.3) is 98.2 Å². The molecule has 1 aliphatic rings. The Labute approximate surface area is 359 Å². The first kappa shape index (κ1) is 35.5. The van der Waals surface area contributed by atoms with E-state index in [0.29, 0.717) is 5.82 Å². The van der Waals surface area contributed by atoms with Crippen molar-refractivity contribution in [2.45, 2.75) is 12.3 Å². The number of benzene rings is 9. The van der Waals surface area contributed by atoms with Gasteiger partial charge in [0.25, 0.3) is 0 Å². The van der Waals surface area contributed by atoms with Crippen molar-refractivity contribution in [3.8, 4) is 67.3 Å². The quantitative estimate of drug-likeness (QED) is 0.168. The van der Waals surface area contributed by atoms with Crippen molar-refractivity contribution in [1.29, 1.82) is 0 Å². The Morgan fingerprint density at radius 1 is 0.393 bits per heavy atom. The first-order valence-electron chi connectivity index (χ1n) is 20.9. The minimum absolute atomic E-state index is 0.324. The fourth-order valence-corrected chi connectivity index (χ4v) is 11.0. The molecule has 286 valence electrons. The molecule has 0 N–H and O–H groups in total. The molecule has 0 radical (unpaired) electrons. The lowest BCUT2D eigenvalue weighted by molar-refractivity contribution is 0.714. The van der Waals surface area contributed by atoms with Crippen molar-refractivity contribution in [1.82, 2.24) is 9.97 Å². The summed E-state index contributed by atoms with van der Waals surface area (Å²) in [7, 11) is 0. The minimum atomic E-state index is -0.324. The monoisotopic (exact) mass is 794 g/mol. The number of thiophene rings is 1. The third-order valence-corrected chi connectivity index (χ3v) is 13.9. The van der Waals surface area contributed by atoms with Crippen molar-refractivity contribution in [2.75, 3.05) is 0 Å². The maximum absolute atomic E-state index is 5.44. The van der Waals surface area contributed by atoms with Gasteiger partial charge in [-0.05, 0) is 104 Å². The van der Waals surface area contributed by atoms with E-state index in [1.54, 1.807) is 0 Å². The molecule has 0 amide bonds. The molecular formula is C58H38N2S. The zero-order valence-electron chi connectivity index (χ0n) is 33.5. The molecule has 0 saturated carbocycles. The molecular weight excluding hydrogens is 757 g/mol. The Hall–Kier alpha value is -7.46. The lowest BCUT2D eigenvalue weighted by Crippen LogP contribution is -2.22. The SMILES string of the molecule is CC1(c2ccccc2)c2ccccc2-c2c(-c3cc(-c4cc(-c5cccc6ccccc56)cc(-c5cccc6sc7ccccc7c56)c4)nc(-c4ccccc4)n3)cccc21. The van der Waals surface area contributed by atoms with E-state index >= 15 is 0 Å². The smallest absolute Gasteiger partial charge is 0.160 e. The van der Waals surface area contributed by atoms with Crippen LogP contribution >= 0.6 is 11.3 Å². The molecule has 0 spiro atoms. The average molecular weight is 795 g/mol. The van der Waals surface area contributed by atoms with Gasteiger partial charge < -0.3 is 0 Å². The summed E-state index contributed by atoms with van der Waals surface area (Å²) in [6.07, 6.45) is 0. The van der Waals surface area contributed by atoms with Crippen LogP contribution in [0.1, 0.15) is 23.6 Å². The van der Waals surface area contributed by atoms with E-state index in [9.17, 15) is 0 Å². The number of hydrogen-bond donors (Lipinski definition) is 0. The van der Waals surface area contributed by atoms with Crippen molar-refractivity contribution in [2.24, 2.45) is 0 Å². The lowest BCUT2D eigenvalue weighted by atomic mass is 9.74. The van der Waals surface area contributed by atoms with Crippen LogP contribution in [-0.2, 0) is 5.41 Å². The van der Waals surface area contributed by atoms with Gasteiger partial charge in [-0.1, -0.05) is 176 Å². The first-order chi connectivity index (χ1) is 30.1. The van der Waals surface area contributed by atoms with Gasteiger partial charge in [-0.15, -0.1) is 11.3 Å². The Bertz CT molecular complexity index is 3490. The van der Waals surface area contributed by atoms with E-state index in [2.05, 4.69) is 213 Å². The standard InChI is InChI=1S/C58H38N2S/c1-58(42-21-6-3-7-22-42)49-29-12-10-24-46(49)55-47(28-15-30-50(55)58)52-36-51(59-57(60-52)38-18-4-2-5-19-38)41-34-39(44-26-14-20-37-17-8-9-23-43(37)44)33-40(35-41)45-27-16-32-54-56(45)48-25-11-13-31-53(48)61-54/h2-36H,1H3. The van der Waals surface area contributed by atoms with Crippen LogP contribution in [0, 0.1) is 0 Å². The molecule has 2 aromatic heterocycles. The first-order valence-corrected chi connectivity index (χ1v) is 21.7. The highest BCUT2D eigenvalue weighted by Crippen LogP contribution is 2.55. The Morgan fingerprint density at radius 2 is 0.967 bits per heavy atom. The largest absolute Gasteiger partial charge is 0.228 e. The van der Waals surface area contributed by atoms with Crippen molar-refractivity contribution < 1.29 is 0 Å². The van der Waals surface area contributed by atoms with Crippen LogP contribution in [0.5, 0.6) is 0 Å². The second kappa shape index (κ2) is 14.1.